The van der Waals surface area contributed by atoms with Gasteiger partial charge in [-0.3, -0.25) is 14.5 Å². The van der Waals surface area contributed by atoms with Gasteiger partial charge >= 0.3 is 5.97 Å². The summed E-state index contributed by atoms with van der Waals surface area (Å²) in [5.74, 6) is -0.636. The Labute approximate surface area is 294 Å². The van der Waals surface area contributed by atoms with Crippen LogP contribution in [0.3, 0.4) is 0 Å². The molecular weight excluding hydrogens is 632 g/mol. The van der Waals surface area contributed by atoms with Crippen LogP contribution >= 0.6 is 0 Å². The van der Waals surface area contributed by atoms with Crippen LogP contribution in [0.5, 0.6) is 17.2 Å². The number of aliphatic carboxylic acids is 1. The number of hydrogen-bond donors (Lipinski definition) is 2. The number of aryl methyl sites for hydroxylation is 2. The van der Waals surface area contributed by atoms with E-state index in [4.69, 9.17) is 18.9 Å². The number of benzene rings is 4. The molecule has 262 valence electrons. The van der Waals surface area contributed by atoms with E-state index in [1.807, 2.05) is 85.5 Å². The fourth-order valence-electron chi connectivity index (χ4n) is 7.32. The van der Waals surface area contributed by atoms with Crippen LogP contribution in [0.2, 0.25) is 0 Å². The van der Waals surface area contributed by atoms with Crippen molar-refractivity contribution < 1.29 is 33.6 Å². The second-order valence-electron chi connectivity index (χ2n) is 13.2. The number of carboxylic acid groups (broad SMARTS) is 1. The van der Waals surface area contributed by atoms with Gasteiger partial charge in [0.2, 0.25) is 12.7 Å². The van der Waals surface area contributed by atoms with Gasteiger partial charge in [0.25, 0.3) is 0 Å². The Balaban J connectivity index is 1.32. The maximum absolute atomic E-state index is 14.2. The minimum Gasteiger partial charge on any atom is -0.491 e. The maximum atomic E-state index is 14.2. The first-order valence-corrected chi connectivity index (χ1v) is 17.4. The second kappa shape index (κ2) is 15.8. The molecule has 0 spiro atoms. The zero-order valence-corrected chi connectivity index (χ0v) is 29.1. The molecule has 6 rings (SSSR count). The molecule has 1 saturated heterocycles. The summed E-state index contributed by atoms with van der Waals surface area (Å²) >= 11 is 0. The number of rotatable bonds is 14. The predicted octanol–water partition coefficient (Wildman–Crippen LogP) is 6.84. The van der Waals surface area contributed by atoms with Crippen LogP contribution in [0.1, 0.15) is 72.2 Å². The lowest BCUT2D eigenvalue weighted by atomic mass is 9.82. The molecule has 2 aliphatic heterocycles. The molecule has 50 heavy (non-hydrogen) atoms. The maximum Gasteiger partial charge on any atom is 0.309 e. The standard InChI is InChI=1S/C41H46N2O7/c1-5-28-12-7-9-14-32(28)38(31-13-8-6-11-27(31)4)42-36(44)24-43-23-34(33-15-10-16-35-40(33)50-25-49-35)37(41(45)46)39(43)29-17-19-30(20-18-29)48-22-21-47-26(2)3/h6-20,26,34,37-39H,5,21-25H2,1-4H3,(H,42,44)(H,45,46)/t34-,37-,38?,39+/m1/s1. The van der Waals surface area contributed by atoms with Crippen LogP contribution < -0.4 is 19.5 Å². The van der Waals surface area contributed by atoms with Crippen LogP contribution in [-0.2, 0) is 20.7 Å². The van der Waals surface area contributed by atoms with E-state index in [2.05, 4.69) is 43.4 Å². The van der Waals surface area contributed by atoms with Crippen molar-refractivity contribution >= 4 is 11.9 Å². The van der Waals surface area contributed by atoms with Crippen molar-refractivity contribution in [2.75, 3.05) is 33.1 Å². The third-order valence-corrected chi connectivity index (χ3v) is 9.63. The van der Waals surface area contributed by atoms with Gasteiger partial charge in [0.15, 0.2) is 11.5 Å². The smallest absolute Gasteiger partial charge is 0.309 e. The van der Waals surface area contributed by atoms with E-state index in [0.717, 1.165) is 39.8 Å². The number of para-hydroxylation sites is 1. The highest BCUT2D eigenvalue weighted by Crippen LogP contribution is 2.50. The molecule has 0 aromatic heterocycles. The Bertz CT molecular complexity index is 1790. The lowest BCUT2D eigenvalue weighted by Crippen LogP contribution is -2.40. The Morgan fingerprint density at radius 3 is 2.38 bits per heavy atom. The lowest BCUT2D eigenvalue weighted by Gasteiger charge is -2.29. The van der Waals surface area contributed by atoms with E-state index in [-0.39, 0.29) is 31.4 Å². The molecule has 9 nitrogen and oxygen atoms in total. The molecule has 2 N–H and O–H groups in total. The molecule has 1 amide bonds. The number of likely N-dealkylation sites (tertiary alicyclic amines) is 1. The van der Waals surface area contributed by atoms with Crippen LogP contribution in [0, 0.1) is 12.8 Å². The third-order valence-electron chi connectivity index (χ3n) is 9.63. The first-order valence-electron chi connectivity index (χ1n) is 17.4. The highest BCUT2D eigenvalue weighted by atomic mass is 16.7. The van der Waals surface area contributed by atoms with Gasteiger partial charge in [0.1, 0.15) is 12.4 Å². The molecule has 1 unspecified atom stereocenters. The molecule has 2 heterocycles. The zero-order valence-electron chi connectivity index (χ0n) is 29.1. The first kappa shape index (κ1) is 35.0. The Kier molecular flexibility index (Phi) is 11.0. The van der Waals surface area contributed by atoms with Gasteiger partial charge in [-0.05, 0) is 73.2 Å². The van der Waals surface area contributed by atoms with E-state index >= 15 is 0 Å². The lowest BCUT2D eigenvalue weighted by molar-refractivity contribution is -0.143. The number of hydrogen-bond acceptors (Lipinski definition) is 7. The van der Waals surface area contributed by atoms with Crippen LogP contribution in [0.15, 0.2) is 91.0 Å². The molecule has 9 heteroatoms. The van der Waals surface area contributed by atoms with Crippen molar-refractivity contribution in [2.45, 2.75) is 58.2 Å². The average Bonchev–Trinajstić information content (AvgIpc) is 3.75. The van der Waals surface area contributed by atoms with Gasteiger partial charge in [-0.1, -0.05) is 79.7 Å². The van der Waals surface area contributed by atoms with E-state index in [1.54, 1.807) is 0 Å². The Morgan fingerprint density at radius 2 is 1.66 bits per heavy atom. The highest BCUT2D eigenvalue weighted by molar-refractivity contribution is 5.80. The minimum atomic E-state index is -0.944. The van der Waals surface area contributed by atoms with Crippen molar-refractivity contribution in [3.05, 3.63) is 124 Å². The zero-order chi connectivity index (χ0) is 35.2. The van der Waals surface area contributed by atoms with E-state index in [0.29, 0.717) is 37.0 Å². The molecule has 4 aromatic carbocycles. The molecular formula is C41H46N2O7. The van der Waals surface area contributed by atoms with Crippen molar-refractivity contribution in [3.8, 4) is 17.2 Å². The third kappa shape index (κ3) is 7.64. The summed E-state index contributed by atoms with van der Waals surface area (Å²) in [5.41, 5.74) is 5.85. The monoisotopic (exact) mass is 678 g/mol. The van der Waals surface area contributed by atoms with Crippen molar-refractivity contribution in [1.29, 1.82) is 0 Å². The summed E-state index contributed by atoms with van der Waals surface area (Å²) in [4.78, 5) is 29.4. The SMILES string of the molecule is CCc1ccccc1C(NC(=O)CN1C[C@H](c2cccc3c2OCO3)[C@@H](C(=O)O)[C@@H]1c1ccc(OCCOC(C)C)cc1)c1ccccc1C. The van der Waals surface area contributed by atoms with Gasteiger partial charge in [-0.2, -0.15) is 0 Å². The molecule has 0 aliphatic carbocycles. The molecule has 0 radical (unpaired) electrons. The van der Waals surface area contributed by atoms with Gasteiger partial charge in [-0.25, -0.2) is 0 Å². The normalized spacial score (nSPS) is 19.0. The summed E-state index contributed by atoms with van der Waals surface area (Å²) in [7, 11) is 0. The summed E-state index contributed by atoms with van der Waals surface area (Å²) in [5, 5.41) is 14.2. The molecule has 2 aliphatic rings. The van der Waals surface area contributed by atoms with Crippen LogP contribution in [0.25, 0.3) is 0 Å². The topological polar surface area (TPSA) is 107 Å². The predicted molar refractivity (Wildman–Crippen MR) is 191 cm³/mol. The number of amides is 1. The summed E-state index contributed by atoms with van der Waals surface area (Å²) in [6.45, 7) is 9.39. The Morgan fingerprint density at radius 1 is 0.920 bits per heavy atom. The van der Waals surface area contributed by atoms with Gasteiger partial charge in [0, 0.05) is 24.1 Å². The van der Waals surface area contributed by atoms with Crippen molar-refractivity contribution in [2.24, 2.45) is 5.92 Å². The quantitative estimate of drug-likeness (QED) is 0.140. The fraction of sp³-hybridized carbons (Fsp3) is 0.366. The fourth-order valence-corrected chi connectivity index (χ4v) is 7.32. The number of carbonyl (C=O) groups is 2. The molecule has 0 saturated carbocycles. The summed E-state index contributed by atoms with van der Waals surface area (Å²) < 4.78 is 23.0. The van der Waals surface area contributed by atoms with Crippen molar-refractivity contribution in [1.82, 2.24) is 10.2 Å². The van der Waals surface area contributed by atoms with Crippen LogP contribution in [0.4, 0.5) is 0 Å². The number of nitrogens with zero attached hydrogens (tertiary/aromatic N) is 1. The number of ether oxygens (including phenoxy) is 4. The summed E-state index contributed by atoms with van der Waals surface area (Å²) in [6.07, 6.45) is 0.936. The molecule has 1 fully saturated rings. The summed E-state index contributed by atoms with van der Waals surface area (Å²) in [6, 6.07) is 28.4. The number of carbonyl (C=O) groups excluding carboxylic acids is 1. The van der Waals surface area contributed by atoms with E-state index in [1.165, 1.54) is 0 Å². The first-order chi connectivity index (χ1) is 24.2. The van der Waals surface area contributed by atoms with Gasteiger partial charge in [-0.15, -0.1) is 0 Å². The minimum absolute atomic E-state index is 0.00120. The number of fused-ring (bicyclic) bond motifs is 1. The second-order valence-corrected chi connectivity index (χ2v) is 13.2. The molecule has 4 aromatic rings. The number of carboxylic acids is 1. The van der Waals surface area contributed by atoms with Crippen LogP contribution in [-0.4, -0.2) is 61.1 Å². The van der Waals surface area contributed by atoms with Crippen molar-refractivity contribution in [3.63, 3.8) is 0 Å². The van der Waals surface area contributed by atoms with Gasteiger partial charge < -0.3 is 29.4 Å². The van der Waals surface area contributed by atoms with Gasteiger partial charge in [0.05, 0.1) is 31.2 Å². The number of nitrogens with one attached hydrogen (secondary N) is 1. The Hall–Kier alpha value is -4.86. The average molecular weight is 679 g/mol. The largest absolute Gasteiger partial charge is 0.491 e. The highest BCUT2D eigenvalue weighted by Gasteiger charge is 2.49. The molecule has 0 bridgehead atoms. The van der Waals surface area contributed by atoms with E-state index < -0.39 is 23.8 Å². The molecule has 4 atom stereocenters. The van der Waals surface area contributed by atoms with E-state index in [9.17, 15) is 14.7 Å².